The van der Waals surface area contributed by atoms with E-state index >= 15 is 0 Å². The lowest BCUT2D eigenvalue weighted by Crippen LogP contribution is -2.48. The van der Waals surface area contributed by atoms with E-state index in [1.54, 1.807) is 14.0 Å². The van der Waals surface area contributed by atoms with Gasteiger partial charge in [0.25, 0.3) is 0 Å². The Kier molecular flexibility index (Phi) is 5.75. The summed E-state index contributed by atoms with van der Waals surface area (Å²) in [4.78, 5) is 10.7. The first-order valence-corrected chi connectivity index (χ1v) is 10.7. The van der Waals surface area contributed by atoms with E-state index in [1.807, 2.05) is 31.5 Å². The third-order valence-corrected chi connectivity index (χ3v) is 6.26. The minimum atomic E-state index is -0.382. The minimum absolute atomic E-state index is 0.165. The van der Waals surface area contributed by atoms with Crippen LogP contribution in [0.25, 0.3) is 11.0 Å². The molecule has 1 saturated heterocycles. The van der Waals surface area contributed by atoms with Gasteiger partial charge in [-0.25, -0.2) is 14.6 Å². The molecular formula is C23H29N7O2. The monoisotopic (exact) mass is 435 g/mol. The molecule has 4 rings (SSSR count). The van der Waals surface area contributed by atoms with Gasteiger partial charge >= 0.3 is 0 Å². The number of anilines is 1. The molecule has 1 aromatic carbocycles. The van der Waals surface area contributed by atoms with Crippen molar-refractivity contribution < 1.29 is 9.84 Å². The molecule has 0 spiro atoms. The third kappa shape index (κ3) is 3.55. The van der Waals surface area contributed by atoms with Crippen molar-refractivity contribution >= 4 is 16.9 Å². The van der Waals surface area contributed by atoms with Gasteiger partial charge in [-0.2, -0.15) is 10.4 Å². The SMILES string of the molecule is COc1c(C(C)n2nc(C)c3c(N)ncnc32)cc(C)c(C#N)c1C1CN(CC(C)O)C1. The maximum Gasteiger partial charge on any atom is 0.164 e. The lowest BCUT2D eigenvalue weighted by molar-refractivity contribution is 0.0733. The number of likely N-dealkylation sites (tertiary alicyclic amines) is 1. The second-order valence-electron chi connectivity index (χ2n) is 8.64. The Labute approximate surface area is 187 Å². The predicted molar refractivity (Wildman–Crippen MR) is 122 cm³/mol. The van der Waals surface area contributed by atoms with Crippen molar-refractivity contribution in [3.05, 3.63) is 40.3 Å². The van der Waals surface area contributed by atoms with Crippen LogP contribution in [-0.4, -0.2) is 62.6 Å². The summed E-state index contributed by atoms with van der Waals surface area (Å²) in [6.07, 6.45) is 1.06. The van der Waals surface area contributed by atoms with Crippen molar-refractivity contribution in [3.63, 3.8) is 0 Å². The predicted octanol–water partition coefficient (Wildman–Crippen LogP) is 2.29. The quantitative estimate of drug-likeness (QED) is 0.604. The standard InChI is InChI=1S/C23H29N7O2/c1-12-6-17(15(4)30-23-19(14(3)28-30)22(25)26-11-27-23)21(32-5)20(18(12)7-24)16-9-29(10-16)8-13(2)31/h6,11,13,15-16,31H,8-10H2,1-5H3,(H2,25,26,27). The summed E-state index contributed by atoms with van der Waals surface area (Å²) in [5.41, 5.74) is 10.9. The Hall–Kier alpha value is -3.22. The van der Waals surface area contributed by atoms with E-state index < -0.39 is 0 Å². The lowest BCUT2D eigenvalue weighted by atomic mass is 9.83. The third-order valence-electron chi connectivity index (χ3n) is 6.26. The van der Waals surface area contributed by atoms with Gasteiger partial charge in [-0.15, -0.1) is 0 Å². The van der Waals surface area contributed by atoms with Crippen LogP contribution in [0.15, 0.2) is 12.4 Å². The number of benzene rings is 1. The van der Waals surface area contributed by atoms with Crippen molar-refractivity contribution in [1.82, 2.24) is 24.6 Å². The number of methoxy groups -OCH3 is 1. The number of nitrogens with two attached hydrogens (primary N) is 1. The van der Waals surface area contributed by atoms with Gasteiger partial charge in [0.15, 0.2) is 5.65 Å². The van der Waals surface area contributed by atoms with Crippen molar-refractivity contribution in [2.45, 2.75) is 45.8 Å². The van der Waals surface area contributed by atoms with Gasteiger partial charge in [-0.3, -0.25) is 4.90 Å². The van der Waals surface area contributed by atoms with Gasteiger partial charge in [-0.1, -0.05) is 0 Å². The topological polar surface area (TPSA) is 126 Å². The first kappa shape index (κ1) is 22.0. The van der Waals surface area contributed by atoms with Crippen LogP contribution in [0.5, 0.6) is 5.75 Å². The smallest absolute Gasteiger partial charge is 0.164 e. The Morgan fingerprint density at radius 3 is 2.66 bits per heavy atom. The molecule has 0 saturated carbocycles. The van der Waals surface area contributed by atoms with Gasteiger partial charge in [0.05, 0.1) is 42.0 Å². The fraction of sp³-hybridized carbons (Fsp3) is 0.478. The van der Waals surface area contributed by atoms with Crippen molar-refractivity contribution in [2.24, 2.45) is 0 Å². The number of fused-ring (bicyclic) bond motifs is 1. The number of ether oxygens (including phenoxy) is 1. The summed E-state index contributed by atoms with van der Waals surface area (Å²) in [7, 11) is 1.64. The van der Waals surface area contributed by atoms with Crippen molar-refractivity contribution in [1.29, 1.82) is 5.26 Å². The van der Waals surface area contributed by atoms with Crippen LogP contribution in [0.4, 0.5) is 5.82 Å². The zero-order chi connectivity index (χ0) is 23.2. The van der Waals surface area contributed by atoms with Crippen LogP contribution in [0.2, 0.25) is 0 Å². The molecule has 0 radical (unpaired) electrons. The summed E-state index contributed by atoms with van der Waals surface area (Å²) in [5.74, 6) is 1.28. The zero-order valence-corrected chi connectivity index (χ0v) is 19.1. The fourth-order valence-electron chi connectivity index (χ4n) is 4.77. The number of hydrogen-bond donors (Lipinski definition) is 2. The van der Waals surface area contributed by atoms with E-state index in [2.05, 4.69) is 20.9 Å². The van der Waals surface area contributed by atoms with Crippen LogP contribution >= 0.6 is 0 Å². The highest BCUT2D eigenvalue weighted by atomic mass is 16.5. The number of aromatic nitrogens is 4. The number of aliphatic hydroxyl groups is 1. The second kappa shape index (κ2) is 8.37. The van der Waals surface area contributed by atoms with Gasteiger partial charge in [-0.05, 0) is 39.3 Å². The number of nitrogen functional groups attached to an aromatic ring is 1. The molecule has 0 amide bonds. The normalized spacial score (nSPS) is 16.5. The van der Waals surface area contributed by atoms with Crippen LogP contribution in [0.1, 0.15) is 53.8 Å². The summed E-state index contributed by atoms with van der Waals surface area (Å²) in [6.45, 7) is 9.85. The number of nitrogens with zero attached hydrogens (tertiary/aromatic N) is 6. The van der Waals surface area contributed by atoms with Crippen LogP contribution in [0, 0.1) is 25.2 Å². The Morgan fingerprint density at radius 1 is 1.31 bits per heavy atom. The molecule has 1 aliphatic rings. The van der Waals surface area contributed by atoms with Crippen molar-refractivity contribution in [3.8, 4) is 11.8 Å². The number of aliphatic hydroxyl groups excluding tert-OH is 1. The number of rotatable bonds is 6. The first-order chi connectivity index (χ1) is 15.3. The van der Waals surface area contributed by atoms with E-state index in [4.69, 9.17) is 15.6 Å². The molecular weight excluding hydrogens is 406 g/mol. The first-order valence-electron chi connectivity index (χ1n) is 10.7. The highest BCUT2D eigenvalue weighted by Gasteiger charge is 2.35. The highest BCUT2D eigenvalue weighted by Crippen LogP contribution is 2.42. The van der Waals surface area contributed by atoms with Crippen LogP contribution in [0.3, 0.4) is 0 Å². The largest absolute Gasteiger partial charge is 0.496 e. The van der Waals surface area contributed by atoms with Gasteiger partial charge in [0.2, 0.25) is 0 Å². The fourth-order valence-corrected chi connectivity index (χ4v) is 4.77. The maximum atomic E-state index is 9.91. The van der Waals surface area contributed by atoms with E-state index in [0.29, 0.717) is 29.3 Å². The molecule has 2 aromatic heterocycles. The van der Waals surface area contributed by atoms with Gasteiger partial charge < -0.3 is 15.6 Å². The second-order valence-corrected chi connectivity index (χ2v) is 8.64. The van der Waals surface area contributed by atoms with E-state index in [-0.39, 0.29) is 18.1 Å². The Morgan fingerprint density at radius 2 is 2.03 bits per heavy atom. The van der Waals surface area contributed by atoms with Gasteiger partial charge in [0, 0.05) is 36.7 Å². The zero-order valence-electron chi connectivity index (χ0n) is 19.1. The molecule has 32 heavy (non-hydrogen) atoms. The average molecular weight is 436 g/mol. The molecule has 3 heterocycles. The molecule has 0 aliphatic carbocycles. The summed E-state index contributed by atoms with van der Waals surface area (Å²) in [6, 6.07) is 4.19. The Balaban J connectivity index is 1.82. The van der Waals surface area contributed by atoms with Crippen LogP contribution in [-0.2, 0) is 0 Å². The molecule has 0 bridgehead atoms. The maximum absolute atomic E-state index is 9.91. The molecule has 168 valence electrons. The molecule has 9 nitrogen and oxygen atoms in total. The van der Waals surface area contributed by atoms with Crippen molar-refractivity contribution in [2.75, 3.05) is 32.5 Å². The lowest BCUT2D eigenvalue weighted by Gasteiger charge is -2.41. The molecule has 1 aliphatic heterocycles. The minimum Gasteiger partial charge on any atom is -0.496 e. The van der Waals surface area contributed by atoms with E-state index in [1.165, 1.54) is 6.33 Å². The molecule has 9 heteroatoms. The number of hydrogen-bond acceptors (Lipinski definition) is 8. The summed E-state index contributed by atoms with van der Waals surface area (Å²) >= 11 is 0. The highest BCUT2D eigenvalue weighted by molar-refractivity contribution is 5.88. The van der Waals surface area contributed by atoms with E-state index in [9.17, 15) is 10.4 Å². The van der Waals surface area contributed by atoms with E-state index in [0.717, 1.165) is 40.9 Å². The molecule has 3 N–H and O–H groups in total. The molecule has 2 unspecified atom stereocenters. The van der Waals surface area contributed by atoms with Crippen LogP contribution < -0.4 is 10.5 Å². The van der Waals surface area contributed by atoms with Gasteiger partial charge in [0.1, 0.15) is 17.9 Å². The summed E-state index contributed by atoms with van der Waals surface area (Å²) < 4.78 is 7.76. The molecule has 3 aromatic rings. The number of β-amino-alcohol motifs (C(OH)–C–C–N with tert-alkyl or cyclic N) is 1. The molecule has 2 atom stereocenters. The summed E-state index contributed by atoms with van der Waals surface area (Å²) in [5, 5.41) is 25.1. The average Bonchev–Trinajstić information content (AvgIpc) is 3.06. The Bertz CT molecular complexity index is 1210. The number of aryl methyl sites for hydroxylation is 2. The molecule has 1 fully saturated rings. The number of nitriles is 1.